The molecule has 0 atom stereocenters. The van der Waals surface area contributed by atoms with Crippen molar-refractivity contribution in [2.24, 2.45) is 5.73 Å². The smallest absolute Gasteiger partial charge is 0.275 e. The van der Waals surface area contributed by atoms with Crippen LogP contribution in [0.2, 0.25) is 0 Å². The van der Waals surface area contributed by atoms with Crippen molar-refractivity contribution in [2.45, 2.75) is 0 Å². The third-order valence-corrected chi connectivity index (χ3v) is 2.68. The van der Waals surface area contributed by atoms with Crippen molar-refractivity contribution < 1.29 is 9.53 Å². The van der Waals surface area contributed by atoms with Crippen LogP contribution < -0.4 is 15.8 Å². The topological polar surface area (TPSA) is 77.2 Å². The minimum Gasteiger partial charge on any atom is -0.497 e. The van der Waals surface area contributed by atoms with Gasteiger partial charge in [-0.05, 0) is 24.3 Å². The Labute approximate surface area is 123 Å². The van der Waals surface area contributed by atoms with Crippen molar-refractivity contribution >= 4 is 11.6 Å². The maximum Gasteiger partial charge on any atom is 0.275 e. The lowest BCUT2D eigenvalue weighted by molar-refractivity contribution is 0.102. The molecule has 2 rings (SSSR count). The highest BCUT2D eigenvalue weighted by Gasteiger charge is 2.12. The summed E-state index contributed by atoms with van der Waals surface area (Å²) in [5.41, 5.74) is 6.79. The summed E-state index contributed by atoms with van der Waals surface area (Å²) < 4.78 is 5.12. The molecule has 0 bridgehead atoms. The lowest BCUT2D eigenvalue weighted by atomic mass is 10.2. The molecule has 1 aromatic heterocycles. The number of nitrogens with one attached hydrogen (secondary N) is 1. The maximum atomic E-state index is 12.3. The molecule has 0 fully saturated rings. The van der Waals surface area contributed by atoms with Gasteiger partial charge in [-0.25, -0.2) is 4.98 Å². The zero-order valence-electron chi connectivity index (χ0n) is 11.6. The number of nitrogens with zero attached hydrogens (tertiary/aromatic N) is 1. The molecule has 3 N–H and O–H groups in total. The lowest BCUT2D eigenvalue weighted by Crippen LogP contribution is -2.15. The van der Waals surface area contributed by atoms with Crippen molar-refractivity contribution in [2.75, 3.05) is 19.0 Å². The van der Waals surface area contributed by atoms with Crippen LogP contribution in [0.1, 0.15) is 16.1 Å². The normalized spacial score (nSPS) is 9.43. The first-order chi connectivity index (χ1) is 10.2. The molecular weight excluding hydrogens is 266 g/mol. The van der Waals surface area contributed by atoms with Gasteiger partial charge >= 0.3 is 0 Å². The predicted molar refractivity (Wildman–Crippen MR) is 81.1 cm³/mol. The van der Waals surface area contributed by atoms with Crippen LogP contribution in [0.15, 0.2) is 42.6 Å². The van der Waals surface area contributed by atoms with Gasteiger partial charge < -0.3 is 15.8 Å². The summed E-state index contributed by atoms with van der Waals surface area (Å²) in [5, 5.41) is 2.77. The Morgan fingerprint density at radius 1 is 1.38 bits per heavy atom. The van der Waals surface area contributed by atoms with Crippen molar-refractivity contribution in [1.29, 1.82) is 0 Å². The Morgan fingerprint density at radius 2 is 2.24 bits per heavy atom. The molecule has 1 amide bonds. The summed E-state index contributed by atoms with van der Waals surface area (Å²) >= 11 is 0. The van der Waals surface area contributed by atoms with E-state index < -0.39 is 0 Å². The van der Waals surface area contributed by atoms with Crippen molar-refractivity contribution in [3.8, 4) is 17.6 Å². The average Bonchev–Trinajstić information content (AvgIpc) is 2.53. The van der Waals surface area contributed by atoms with Gasteiger partial charge in [0.05, 0.1) is 19.2 Å². The Balaban J connectivity index is 2.24. The first kappa shape index (κ1) is 14.6. The van der Waals surface area contributed by atoms with Crippen LogP contribution in [0.3, 0.4) is 0 Å². The molecule has 0 aliphatic rings. The van der Waals surface area contributed by atoms with E-state index in [0.29, 0.717) is 17.0 Å². The fourth-order valence-corrected chi connectivity index (χ4v) is 1.72. The Bertz CT molecular complexity index is 702. The number of benzene rings is 1. The van der Waals surface area contributed by atoms with E-state index in [1.807, 2.05) is 0 Å². The third kappa shape index (κ3) is 3.81. The Kier molecular flexibility index (Phi) is 4.91. The van der Waals surface area contributed by atoms with Crippen molar-refractivity contribution in [3.05, 3.63) is 53.9 Å². The average molecular weight is 281 g/mol. The molecule has 0 spiro atoms. The van der Waals surface area contributed by atoms with Gasteiger partial charge in [0.2, 0.25) is 0 Å². The number of methoxy groups -OCH3 is 1. The molecule has 0 saturated carbocycles. The molecule has 0 aliphatic carbocycles. The first-order valence-electron chi connectivity index (χ1n) is 6.34. The summed E-state index contributed by atoms with van der Waals surface area (Å²) in [6.45, 7) is 0.228. The Morgan fingerprint density at radius 3 is 3.00 bits per heavy atom. The predicted octanol–water partition coefficient (Wildman–Crippen LogP) is 1.65. The molecule has 1 heterocycles. The van der Waals surface area contributed by atoms with Crippen LogP contribution in [0.4, 0.5) is 5.69 Å². The molecule has 0 radical (unpaired) electrons. The van der Waals surface area contributed by atoms with Gasteiger partial charge in [0, 0.05) is 18.0 Å². The molecule has 5 nitrogen and oxygen atoms in total. The zero-order valence-corrected chi connectivity index (χ0v) is 11.6. The summed E-state index contributed by atoms with van der Waals surface area (Å²) in [6, 6.07) is 10.6. The standard InChI is InChI=1S/C16H15N3O2/c1-21-14-8-2-7-13(11-14)19-16(20)15-12(5-3-9-17)6-4-10-18-15/h2,4,6-8,10-11H,9,17H2,1H3,(H,19,20). The van der Waals surface area contributed by atoms with Gasteiger partial charge in [0.25, 0.3) is 5.91 Å². The summed E-state index contributed by atoms with van der Waals surface area (Å²) in [7, 11) is 1.57. The quantitative estimate of drug-likeness (QED) is 0.839. The Hall–Kier alpha value is -2.84. The third-order valence-electron chi connectivity index (χ3n) is 2.68. The number of hydrogen-bond acceptors (Lipinski definition) is 4. The number of anilines is 1. The molecule has 2 aromatic rings. The van der Waals surface area contributed by atoms with Crippen molar-refractivity contribution in [3.63, 3.8) is 0 Å². The van der Waals surface area contributed by atoms with E-state index in [1.165, 1.54) is 0 Å². The van der Waals surface area contributed by atoms with Gasteiger partial charge in [-0.1, -0.05) is 17.9 Å². The summed E-state index contributed by atoms with van der Waals surface area (Å²) in [5.74, 6) is 5.89. The van der Waals surface area contributed by atoms with E-state index in [4.69, 9.17) is 10.5 Å². The van der Waals surface area contributed by atoms with Crippen LogP contribution in [0.5, 0.6) is 5.75 Å². The second-order valence-electron chi connectivity index (χ2n) is 4.09. The fraction of sp³-hybridized carbons (Fsp3) is 0.125. The van der Waals surface area contributed by atoms with Crippen LogP contribution >= 0.6 is 0 Å². The zero-order chi connectivity index (χ0) is 15.1. The molecule has 106 valence electrons. The molecule has 5 heteroatoms. The minimum atomic E-state index is -0.329. The summed E-state index contributed by atoms with van der Waals surface area (Å²) in [4.78, 5) is 16.4. The van der Waals surface area contributed by atoms with Gasteiger partial charge in [0.15, 0.2) is 0 Å². The molecule has 21 heavy (non-hydrogen) atoms. The number of hydrogen-bond donors (Lipinski definition) is 2. The van der Waals surface area contributed by atoms with Crippen LogP contribution in [0, 0.1) is 11.8 Å². The number of carbonyl (C=O) groups excluding carboxylic acids is 1. The number of amides is 1. The van der Waals surface area contributed by atoms with Gasteiger partial charge in [0.1, 0.15) is 11.4 Å². The molecular formula is C16H15N3O2. The second kappa shape index (κ2) is 7.08. The number of rotatable bonds is 3. The van der Waals surface area contributed by atoms with Crippen LogP contribution in [-0.2, 0) is 0 Å². The van der Waals surface area contributed by atoms with Gasteiger partial charge in [-0.2, -0.15) is 0 Å². The van der Waals surface area contributed by atoms with E-state index in [9.17, 15) is 4.79 Å². The van der Waals surface area contributed by atoms with Gasteiger partial charge in [-0.15, -0.1) is 0 Å². The molecule has 1 aromatic carbocycles. The van der Waals surface area contributed by atoms with Crippen LogP contribution in [0.25, 0.3) is 0 Å². The van der Waals surface area contributed by atoms with Crippen molar-refractivity contribution in [1.82, 2.24) is 4.98 Å². The largest absolute Gasteiger partial charge is 0.497 e. The monoisotopic (exact) mass is 281 g/mol. The number of aromatic nitrogens is 1. The highest BCUT2D eigenvalue weighted by atomic mass is 16.5. The number of ether oxygens (including phenoxy) is 1. The maximum absolute atomic E-state index is 12.3. The molecule has 0 saturated heterocycles. The second-order valence-corrected chi connectivity index (χ2v) is 4.09. The van der Waals surface area contributed by atoms with Crippen LogP contribution in [-0.4, -0.2) is 24.5 Å². The molecule has 0 aliphatic heterocycles. The van der Waals surface area contributed by atoms with E-state index in [-0.39, 0.29) is 18.1 Å². The summed E-state index contributed by atoms with van der Waals surface area (Å²) in [6.07, 6.45) is 1.55. The number of pyridine rings is 1. The highest BCUT2D eigenvalue weighted by Crippen LogP contribution is 2.17. The molecule has 0 unspecified atom stereocenters. The fourth-order valence-electron chi connectivity index (χ4n) is 1.72. The first-order valence-corrected chi connectivity index (χ1v) is 6.34. The minimum absolute atomic E-state index is 0.228. The lowest BCUT2D eigenvalue weighted by Gasteiger charge is -2.07. The van der Waals surface area contributed by atoms with E-state index in [0.717, 1.165) is 0 Å². The van der Waals surface area contributed by atoms with E-state index in [2.05, 4.69) is 22.1 Å². The van der Waals surface area contributed by atoms with Gasteiger partial charge in [-0.3, -0.25) is 4.79 Å². The SMILES string of the molecule is COc1cccc(NC(=O)c2ncccc2C#CCN)c1. The van der Waals surface area contributed by atoms with E-state index in [1.54, 1.807) is 49.7 Å². The number of nitrogens with two attached hydrogens (primary N) is 1. The number of carbonyl (C=O) groups is 1. The highest BCUT2D eigenvalue weighted by molar-refractivity contribution is 6.04. The van der Waals surface area contributed by atoms with E-state index >= 15 is 0 Å².